The zero-order chi connectivity index (χ0) is 14.3. The molecule has 0 aliphatic rings. The fourth-order valence-electron chi connectivity index (χ4n) is 1.65. The second kappa shape index (κ2) is 17.0. The van der Waals surface area contributed by atoms with Crippen molar-refractivity contribution in [1.82, 2.24) is 5.32 Å². The van der Waals surface area contributed by atoms with Crippen molar-refractivity contribution in [3.05, 3.63) is 0 Å². The number of carboxylic acid groups (broad SMARTS) is 1. The van der Waals surface area contributed by atoms with E-state index in [-0.39, 0.29) is 48.4 Å². The average Bonchev–Trinajstić information content (AvgIpc) is 2.37. The van der Waals surface area contributed by atoms with Crippen LogP contribution in [-0.4, -0.2) is 31.6 Å². The van der Waals surface area contributed by atoms with E-state index in [0.29, 0.717) is 19.7 Å². The molecule has 0 radical (unpaired) electrons. The summed E-state index contributed by atoms with van der Waals surface area (Å²) in [5.41, 5.74) is 0. The van der Waals surface area contributed by atoms with Gasteiger partial charge in [-0.2, -0.15) is 0 Å². The number of aliphatic carboxylic acids is 1. The number of hydrogen-bond donors (Lipinski definition) is 1. The van der Waals surface area contributed by atoms with Crippen LogP contribution in [0.3, 0.4) is 0 Å². The van der Waals surface area contributed by atoms with Crippen LogP contribution in [0.5, 0.6) is 0 Å². The first kappa shape index (κ1) is 22.2. The van der Waals surface area contributed by atoms with Gasteiger partial charge in [0.1, 0.15) is 0 Å². The van der Waals surface area contributed by atoms with E-state index in [1.807, 2.05) is 0 Å². The first-order valence-electron chi connectivity index (χ1n) is 7.23. The van der Waals surface area contributed by atoms with E-state index in [0.717, 1.165) is 12.8 Å². The van der Waals surface area contributed by atoms with Crippen LogP contribution in [0.4, 0.5) is 0 Å². The van der Waals surface area contributed by atoms with Gasteiger partial charge in [-0.1, -0.05) is 39.0 Å². The van der Waals surface area contributed by atoms with Gasteiger partial charge in [-0.05, 0) is 12.8 Å². The molecule has 0 atom stereocenters. The van der Waals surface area contributed by atoms with Gasteiger partial charge >= 0.3 is 35.5 Å². The van der Waals surface area contributed by atoms with E-state index in [1.54, 1.807) is 0 Å². The van der Waals surface area contributed by atoms with Gasteiger partial charge in [0.25, 0.3) is 0 Å². The van der Waals surface area contributed by atoms with Gasteiger partial charge in [0.15, 0.2) is 0 Å². The maximum Gasteiger partial charge on any atom is 1.00 e. The van der Waals surface area contributed by atoms with Gasteiger partial charge in [-0.25, -0.2) is 0 Å². The number of rotatable bonds is 13. The Labute approximate surface area is 144 Å². The largest absolute Gasteiger partial charge is 1.00 e. The number of carbonyl (C=O) groups is 2. The van der Waals surface area contributed by atoms with Crippen LogP contribution in [0.15, 0.2) is 0 Å². The smallest absolute Gasteiger partial charge is 0.550 e. The molecule has 0 aliphatic carbocycles. The van der Waals surface area contributed by atoms with Crippen molar-refractivity contribution in [3.63, 3.8) is 0 Å². The summed E-state index contributed by atoms with van der Waals surface area (Å²) in [6.45, 7) is 3.45. The molecule has 0 rings (SSSR count). The van der Waals surface area contributed by atoms with Crippen molar-refractivity contribution in [1.29, 1.82) is 0 Å². The third-order valence-electron chi connectivity index (χ3n) is 2.77. The van der Waals surface area contributed by atoms with Crippen molar-refractivity contribution in [3.8, 4) is 0 Å². The van der Waals surface area contributed by atoms with Crippen molar-refractivity contribution in [2.24, 2.45) is 0 Å². The number of carbonyl (C=O) groups excluding carboxylic acids is 2. The molecule has 1 N–H and O–H groups in total. The Hall–Kier alpha value is -0.100. The van der Waals surface area contributed by atoms with Gasteiger partial charge in [-0.15, -0.1) is 0 Å². The summed E-state index contributed by atoms with van der Waals surface area (Å²) in [6.07, 6.45) is 7.25. The van der Waals surface area contributed by atoms with Crippen LogP contribution < -0.4 is 40.0 Å². The third kappa shape index (κ3) is 17.9. The summed E-state index contributed by atoms with van der Waals surface area (Å²) in [5, 5.41) is 13.0. The minimum Gasteiger partial charge on any atom is -0.550 e. The summed E-state index contributed by atoms with van der Waals surface area (Å²) in [7, 11) is 0. The zero-order valence-corrected chi connectivity index (χ0v) is 14.9. The van der Waals surface area contributed by atoms with Crippen molar-refractivity contribution in [2.75, 3.05) is 19.7 Å². The quantitative estimate of drug-likeness (QED) is 0.242. The van der Waals surface area contributed by atoms with Crippen LogP contribution in [0.25, 0.3) is 0 Å². The van der Waals surface area contributed by atoms with Gasteiger partial charge in [0.05, 0.1) is 13.0 Å². The molecule has 0 fully saturated rings. The predicted molar refractivity (Wildman–Crippen MR) is 71.4 cm³/mol. The molecule has 0 aromatic heterocycles. The Balaban J connectivity index is 0. The zero-order valence-electron chi connectivity index (χ0n) is 12.9. The maximum absolute atomic E-state index is 11.3. The molecule has 5 nitrogen and oxygen atoms in total. The Morgan fingerprint density at radius 2 is 1.60 bits per heavy atom. The van der Waals surface area contributed by atoms with E-state index < -0.39 is 5.97 Å². The first-order valence-corrected chi connectivity index (χ1v) is 7.23. The second-order valence-electron chi connectivity index (χ2n) is 4.61. The van der Waals surface area contributed by atoms with Gasteiger partial charge in [0, 0.05) is 19.1 Å². The molecule has 20 heavy (non-hydrogen) atoms. The summed E-state index contributed by atoms with van der Waals surface area (Å²) >= 11 is 0. The molecule has 112 valence electrons. The number of carboxylic acids is 1. The predicted octanol–water partition coefficient (Wildman–Crippen LogP) is -1.99. The molecule has 6 heteroatoms. The van der Waals surface area contributed by atoms with Crippen LogP contribution in [0.1, 0.15) is 58.3 Å². The summed E-state index contributed by atoms with van der Waals surface area (Å²) in [6, 6.07) is 0. The summed E-state index contributed by atoms with van der Waals surface area (Å²) in [4.78, 5) is 21.4. The van der Waals surface area contributed by atoms with Gasteiger partial charge in [-0.3, -0.25) is 4.79 Å². The molecule has 0 heterocycles. The number of unbranched alkanes of at least 4 members (excludes halogenated alkanes) is 5. The molecule has 0 aliphatic heterocycles. The molecule has 0 bridgehead atoms. The molecular weight excluding hydrogens is 269 g/mol. The van der Waals surface area contributed by atoms with E-state index in [4.69, 9.17) is 4.74 Å². The van der Waals surface area contributed by atoms with Gasteiger partial charge in [0.2, 0.25) is 0 Å². The summed E-state index contributed by atoms with van der Waals surface area (Å²) in [5.74, 6) is -1.31. The van der Waals surface area contributed by atoms with E-state index in [2.05, 4.69) is 12.2 Å². The van der Waals surface area contributed by atoms with Crippen LogP contribution in [0.2, 0.25) is 0 Å². The fourth-order valence-corrected chi connectivity index (χ4v) is 1.65. The number of esters is 1. The van der Waals surface area contributed by atoms with Crippen molar-refractivity contribution in [2.45, 2.75) is 58.3 Å². The van der Waals surface area contributed by atoms with Crippen LogP contribution in [0, 0.1) is 0 Å². The Morgan fingerprint density at radius 1 is 1.00 bits per heavy atom. The molecular formula is C14H26NNaO4. The number of ether oxygens (including phenoxy) is 1. The molecule has 0 aromatic carbocycles. The minimum atomic E-state index is -1.09. The minimum absolute atomic E-state index is 0. The molecule has 0 amide bonds. The SMILES string of the molecule is CCCCCCCCOC(=O)CCNCCC(=O)[O-].[Na+]. The maximum atomic E-state index is 11.3. The van der Waals surface area contributed by atoms with Gasteiger partial charge < -0.3 is 20.0 Å². The standard InChI is InChI=1S/C14H27NO4.Na/c1-2-3-4-5-6-7-12-19-14(18)9-11-15-10-8-13(16)17;/h15H,2-12H2,1H3,(H,16,17);/q;+1/p-1. The van der Waals surface area contributed by atoms with E-state index in [1.165, 1.54) is 25.7 Å². The first-order chi connectivity index (χ1) is 9.16. The Bertz CT molecular complexity index is 249. The fraction of sp³-hybridized carbons (Fsp3) is 0.857. The third-order valence-corrected chi connectivity index (χ3v) is 2.77. The Kier molecular flexibility index (Phi) is 18.8. The molecule has 0 spiro atoms. The molecule has 0 saturated heterocycles. The monoisotopic (exact) mass is 295 g/mol. The van der Waals surface area contributed by atoms with E-state index in [9.17, 15) is 14.7 Å². The summed E-state index contributed by atoms with van der Waals surface area (Å²) < 4.78 is 5.07. The molecule has 0 unspecified atom stereocenters. The van der Waals surface area contributed by atoms with Crippen LogP contribution in [-0.2, 0) is 14.3 Å². The molecule has 0 saturated carbocycles. The topological polar surface area (TPSA) is 78.5 Å². The number of nitrogens with one attached hydrogen (secondary N) is 1. The molecule has 0 aromatic rings. The van der Waals surface area contributed by atoms with Crippen molar-refractivity contribution >= 4 is 11.9 Å². The van der Waals surface area contributed by atoms with Crippen LogP contribution >= 0.6 is 0 Å². The number of hydrogen-bond acceptors (Lipinski definition) is 5. The normalized spacial score (nSPS) is 9.85. The van der Waals surface area contributed by atoms with E-state index >= 15 is 0 Å². The second-order valence-corrected chi connectivity index (χ2v) is 4.61. The Morgan fingerprint density at radius 3 is 2.25 bits per heavy atom. The van der Waals surface area contributed by atoms with Crippen molar-refractivity contribution < 1.29 is 49.0 Å². The average molecular weight is 295 g/mol.